The third-order valence-electron chi connectivity index (χ3n) is 2.16. The lowest BCUT2D eigenvalue weighted by atomic mass is 10.3. The molecule has 1 heterocycles. The van der Waals surface area contributed by atoms with Gasteiger partial charge in [0.1, 0.15) is 11.6 Å². The Kier molecular flexibility index (Phi) is 3.43. The molecule has 0 aliphatic carbocycles. The maximum atomic E-state index is 13.5. The van der Waals surface area contributed by atoms with Crippen LogP contribution in [0.2, 0.25) is 5.02 Å². The van der Waals surface area contributed by atoms with Crippen LogP contribution in [0.5, 0.6) is 0 Å². The van der Waals surface area contributed by atoms with Gasteiger partial charge < -0.3 is 10.4 Å². The van der Waals surface area contributed by atoms with Crippen LogP contribution >= 0.6 is 11.6 Å². The lowest BCUT2D eigenvalue weighted by molar-refractivity contribution is 0.0690. The Morgan fingerprint density at radius 1 is 1.33 bits per heavy atom. The second-order valence-corrected chi connectivity index (χ2v) is 3.90. The summed E-state index contributed by atoms with van der Waals surface area (Å²) in [6.45, 7) is 0. The lowest BCUT2D eigenvalue weighted by Gasteiger charge is -2.07. The molecule has 0 aliphatic rings. The maximum Gasteiger partial charge on any atom is 0.354 e. The van der Waals surface area contributed by atoms with Gasteiger partial charge >= 0.3 is 5.97 Å². The smallest absolute Gasteiger partial charge is 0.354 e. The molecular weight excluding hydrogens is 259 g/mol. The van der Waals surface area contributed by atoms with Crippen molar-refractivity contribution in [3.05, 3.63) is 52.9 Å². The first-order valence-electron chi connectivity index (χ1n) is 4.98. The molecule has 4 nitrogen and oxygen atoms in total. The number of nitrogens with zero attached hydrogens (tertiary/aromatic N) is 1. The van der Waals surface area contributed by atoms with Crippen molar-refractivity contribution < 1.29 is 14.3 Å². The molecule has 0 saturated carbocycles. The SMILES string of the molecule is O=C(O)c1cccc(Nc2ccc(Cl)cc2F)n1. The molecule has 0 aliphatic heterocycles. The monoisotopic (exact) mass is 266 g/mol. The van der Waals surface area contributed by atoms with Crippen molar-refractivity contribution >= 4 is 29.1 Å². The third-order valence-corrected chi connectivity index (χ3v) is 2.40. The number of anilines is 2. The summed E-state index contributed by atoms with van der Waals surface area (Å²) in [6.07, 6.45) is 0. The van der Waals surface area contributed by atoms with Gasteiger partial charge in [-0.2, -0.15) is 0 Å². The van der Waals surface area contributed by atoms with Gasteiger partial charge in [0.25, 0.3) is 0 Å². The molecular formula is C12H8ClFN2O2. The predicted molar refractivity (Wildman–Crippen MR) is 65.9 cm³/mol. The van der Waals surface area contributed by atoms with E-state index in [1.807, 2.05) is 0 Å². The summed E-state index contributed by atoms with van der Waals surface area (Å²) in [5.74, 6) is -1.43. The number of nitrogens with one attached hydrogen (secondary N) is 1. The van der Waals surface area contributed by atoms with Crippen LogP contribution in [0.15, 0.2) is 36.4 Å². The number of carboxylic acid groups (broad SMARTS) is 1. The maximum absolute atomic E-state index is 13.5. The zero-order valence-corrected chi connectivity index (χ0v) is 9.78. The van der Waals surface area contributed by atoms with Gasteiger partial charge in [0.2, 0.25) is 0 Å². The van der Waals surface area contributed by atoms with Gasteiger partial charge in [-0.25, -0.2) is 14.2 Å². The fourth-order valence-corrected chi connectivity index (χ4v) is 1.51. The second-order valence-electron chi connectivity index (χ2n) is 3.46. The fraction of sp³-hybridized carbons (Fsp3) is 0. The number of hydrogen-bond acceptors (Lipinski definition) is 3. The summed E-state index contributed by atoms with van der Waals surface area (Å²) in [6, 6.07) is 8.55. The number of hydrogen-bond donors (Lipinski definition) is 2. The standard InChI is InChI=1S/C12H8ClFN2O2/c13-7-4-5-9(8(14)6-7)15-11-3-1-2-10(16-11)12(17)18/h1-6H,(H,15,16)(H,17,18). The van der Waals surface area contributed by atoms with Gasteiger partial charge in [-0.15, -0.1) is 0 Å². The first-order valence-corrected chi connectivity index (χ1v) is 5.36. The minimum Gasteiger partial charge on any atom is -0.477 e. The van der Waals surface area contributed by atoms with Crippen molar-refractivity contribution in [2.24, 2.45) is 0 Å². The molecule has 18 heavy (non-hydrogen) atoms. The number of carbonyl (C=O) groups is 1. The zero-order chi connectivity index (χ0) is 13.1. The van der Waals surface area contributed by atoms with Crippen LogP contribution in [0.1, 0.15) is 10.5 Å². The normalized spacial score (nSPS) is 10.1. The van der Waals surface area contributed by atoms with Crippen LogP contribution in [-0.2, 0) is 0 Å². The molecule has 0 unspecified atom stereocenters. The molecule has 6 heteroatoms. The molecule has 2 aromatic rings. The summed E-state index contributed by atoms with van der Waals surface area (Å²) in [5, 5.41) is 11.8. The van der Waals surface area contributed by atoms with Crippen molar-refractivity contribution in [1.29, 1.82) is 0 Å². The quantitative estimate of drug-likeness (QED) is 0.895. The van der Waals surface area contributed by atoms with Gasteiger partial charge in [-0.1, -0.05) is 17.7 Å². The van der Waals surface area contributed by atoms with Gasteiger partial charge in [0, 0.05) is 5.02 Å². The molecule has 0 saturated heterocycles. The predicted octanol–water partition coefficient (Wildman–Crippen LogP) is 3.32. The van der Waals surface area contributed by atoms with E-state index in [4.69, 9.17) is 16.7 Å². The minimum absolute atomic E-state index is 0.116. The topological polar surface area (TPSA) is 62.2 Å². The lowest BCUT2D eigenvalue weighted by Crippen LogP contribution is -2.03. The van der Waals surface area contributed by atoms with E-state index in [-0.39, 0.29) is 22.2 Å². The van der Waals surface area contributed by atoms with Gasteiger partial charge in [0.15, 0.2) is 5.69 Å². The highest BCUT2D eigenvalue weighted by Crippen LogP contribution is 2.22. The van der Waals surface area contributed by atoms with Crippen LogP contribution in [-0.4, -0.2) is 16.1 Å². The molecule has 0 atom stereocenters. The molecule has 0 spiro atoms. The van der Waals surface area contributed by atoms with Gasteiger partial charge in [-0.3, -0.25) is 0 Å². The van der Waals surface area contributed by atoms with Crippen LogP contribution in [0, 0.1) is 5.82 Å². The van der Waals surface area contributed by atoms with Crippen LogP contribution in [0.4, 0.5) is 15.9 Å². The van der Waals surface area contributed by atoms with Crippen molar-refractivity contribution in [2.45, 2.75) is 0 Å². The molecule has 0 radical (unpaired) electrons. The van der Waals surface area contributed by atoms with Crippen LogP contribution in [0.25, 0.3) is 0 Å². The molecule has 92 valence electrons. The molecule has 0 bridgehead atoms. The number of carboxylic acids is 1. The Morgan fingerprint density at radius 2 is 2.11 bits per heavy atom. The Hall–Kier alpha value is -2.14. The van der Waals surface area contributed by atoms with Crippen molar-refractivity contribution in [2.75, 3.05) is 5.32 Å². The van der Waals surface area contributed by atoms with E-state index in [2.05, 4.69) is 10.3 Å². The van der Waals surface area contributed by atoms with Crippen LogP contribution < -0.4 is 5.32 Å². The highest BCUT2D eigenvalue weighted by atomic mass is 35.5. The summed E-state index contributed by atoms with van der Waals surface area (Å²) in [4.78, 5) is 14.6. The molecule has 1 aromatic heterocycles. The Bertz CT molecular complexity index is 604. The van der Waals surface area contributed by atoms with E-state index in [0.29, 0.717) is 0 Å². The number of aromatic carboxylic acids is 1. The first kappa shape index (κ1) is 12.3. The van der Waals surface area contributed by atoms with Gasteiger partial charge in [0.05, 0.1) is 5.69 Å². The Labute approximate surface area is 107 Å². The number of benzene rings is 1. The Balaban J connectivity index is 2.28. The summed E-state index contributed by atoms with van der Waals surface area (Å²) >= 11 is 5.63. The first-order chi connectivity index (χ1) is 8.56. The van der Waals surface area contributed by atoms with Crippen molar-refractivity contribution in [3.63, 3.8) is 0 Å². The van der Waals surface area contributed by atoms with E-state index >= 15 is 0 Å². The van der Waals surface area contributed by atoms with E-state index in [1.165, 1.54) is 24.3 Å². The highest BCUT2D eigenvalue weighted by Gasteiger charge is 2.07. The summed E-state index contributed by atoms with van der Waals surface area (Å²) in [5.41, 5.74) is 0.0591. The number of rotatable bonds is 3. The molecule has 2 N–H and O–H groups in total. The van der Waals surface area contributed by atoms with E-state index in [1.54, 1.807) is 6.07 Å². The Morgan fingerprint density at radius 3 is 2.78 bits per heavy atom. The second kappa shape index (κ2) is 5.01. The fourth-order valence-electron chi connectivity index (χ4n) is 1.35. The average Bonchev–Trinajstić information content (AvgIpc) is 2.33. The van der Waals surface area contributed by atoms with E-state index < -0.39 is 11.8 Å². The third kappa shape index (κ3) is 2.75. The summed E-state index contributed by atoms with van der Waals surface area (Å²) in [7, 11) is 0. The number of aromatic nitrogens is 1. The minimum atomic E-state index is -1.14. The van der Waals surface area contributed by atoms with Crippen molar-refractivity contribution in [1.82, 2.24) is 4.98 Å². The van der Waals surface area contributed by atoms with Gasteiger partial charge in [-0.05, 0) is 30.3 Å². The zero-order valence-electron chi connectivity index (χ0n) is 9.02. The van der Waals surface area contributed by atoms with Crippen LogP contribution in [0.3, 0.4) is 0 Å². The van der Waals surface area contributed by atoms with E-state index in [0.717, 1.165) is 6.07 Å². The summed E-state index contributed by atoms with van der Waals surface area (Å²) < 4.78 is 13.5. The molecule has 1 aromatic carbocycles. The van der Waals surface area contributed by atoms with Crippen molar-refractivity contribution in [3.8, 4) is 0 Å². The largest absolute Gasteiger partial charge is 0.477 e. The molecule has 0 amide bonds. The number of halogens is 2. The molecule has 2 rings (SSSR count). The number of pyridine rings is 1. The highest BCUT2D eigenvalue weighted by molar-refractivity contribution is 6.30. The average molecular weight is 267 g/mol. The van der Waals surface area contributed by atoms with E-state index in [9.17, 15) is 9.18 Å². The molecule has 0 fully saturated rings.